The third kappa shape index (κ3) is 38.5. The molecule has 0 aromatic rings. The van der Waals surface area contributed by atoms with Crippen LogP contribution in [0.2, 0.25) is 0 Å². The highest BCUT2D eigenvalue weighted by molar-refractivity contribution is 4.61. The lowest BCUT2D eigenvalue weighted by molar-refractivity contribution is -0.192. The lowest BCUT2D eigenvalue weighted by Gasteiger charge is -2.24. The van der Waals surface area contributed by atoms with Crippen LogP contribution in [-0.2, 0) is 9.47 Å². The molecule has 0 rings (SSSR count). The first kappa shape index (κ1) is 46.8. The molecule has 0 saturated carbocycles. The van der Waals surface area contributed by atoms with Crippen LogP contribution in [0.4, 0.5) is 0 Å². The SMILES string of the molecule is CCCCCCCCCCCCCCCCCCOC(CCNC(O)(O)CC)OCCCCCCCCCCCCCCCCCC. The molecule has 0 heterocycles. The van der Waals surface area contributed by atoms with Crippen molar-refractivity contribution in [2.45, 2.75) is 251 Å². The summed E-state index contributed by atoms with van der Waals surface area (Å²) in [6, 6.07) is 0. The highest BCUT2D eigenvalue weighted by Crippen LogP contribution is 2.16. The maximum atomic E-state index is 9.86. The molecule has 0 atom stereocenters. The van der Waals surface area contributed by atoms with Gasteiger partial charge in [0.1, 0.15) is 0 Å². The quantitative estimate of drug-likeness (QED) is 0.0446. The van der Waals surface area contributed by atoms with E-state index in [1.807, 2.05) is 0 Å². The van der Waals surface area contributed by atoms with Crippen LogP contribution in [0.1, 0.15) is 239 Å². The van der Waals surface area contributed by atoms with E-state index in [2.05, 4.69) is 19.2 Å². The van der Waals surface area contributed by atoms with Crippen molar-refractivity contribution in [3.8, 4) is 0 Å². The van der Waals surface area contributed by atoms with Crippen LogP contribution in [0, 0.1) is 0 Å². The van der Waals surface area contributed by atoms with Gasteiger partial charge in [-0.05, 0) is 12.8 Å². The molecular weight excluding hydrogens is 582 g/mol. The Hall–Kier alpha value is -0.200. The summed E-state index contributed by atoms with van der Waals surface area (Å²) in [5.74, 6) is -1.81. The predicted octanol–water partition coefficient (Wildman–Crippen LogP) is 12.9. The number of hydrogen-bond donors (Lipinski definition) is 3. The Balaban J connectivity index is 3.76. The van der Waals surface area contributed by atoms with Crippen molar-refractivity contribution in [2.75, 3.05) is 19.8 Å². The predicted molar refractivity (Wildman–Crippen MR) is 205 cm³/mol. The summed E-state index contributed by atoms with van der Waals surface area (Å²) in [5.41, 5.74) is 0. The van der Waals surface area contributed by atoms with E-state index in [0.717, 1.165) is 26.1 Å². The van der Waals surface area contributed by atoms with E-state index in [1.165, 1.54) is 193 Å². The molecular formula is C42H87NO4. The fraction of sp³-hybridized carbons (Fsp3) is 1.00. The molecule has 0 aliphatic heterocycles. The number of nitrogens with one attached hydrogen (secondary N) is 1. The Kier molecular flexibility index (Phi) is 38.4. The van der Waals surface area contributed by atoms with E-state index < -0.39 is 5.91 Å². The van der Waals surface area contributed by atoms with Crippen LogP contribution in [0.3, 0.4) is 0 Å². The molecule has 0 bridgehead atoms. The molecule has 0 aliphatic carbocycles. The van der Waals surface area contributed by atoms with Crippen LogP contribution in [-0.4, -0.2) is 42.2 Å². The van der Waals surface area contributed by atoms with Crippen LogP contribution in [0.5, 0.6) is 0 Å². The Morgan fingerprint density at radius 2 is 0.660 bits per heavy atom. The molecule has 0 aliphatic rings. The first-order valence-corrected chi connectivity index (χ1v) is 21.5. The Bertz CT molecular complexity index is 535. The third-order valence-corrected chi connectivity index (χ3v) is 9.88. The highest BCUT2D eigenvalue weighted by Gasteiger charge is 2.20. The van der Waals surface area contributed by atoms with Crippen molar-refractivity contribution >= 4 is 0 Å². The lowest BCUT2D eigenvalue weighted by atomic mass is 10.0. The second-order valence-electron chi connectivity index (χ2n) is 14.7. The molecule has 0 aromatic carbocycles. The zero-order valence-electron chi connectivity index (χ0n) is 32.5. The van der Waals surface area contributed by atoms with Gasteiger partial charge in [0.15, 0.2) is 6.29 Å². The van der Waals surface area contributed by atoms with Gasteiger partial charge in [-0.1, -0.05) is 213 Å². The molecule has 47 heavy (non-hydrogen) atoms. The maximum Gasteiger partial charge on any atom is 0.222 e. The van der Waals surface area contributed by atoms with E-state index >= 15 is 0 Å². The minimum absolute atomic E-state index is 0.248. The molecule has 5 heteroatoms. The zero-order valence-corrected chi connectivity index (χ0v) is 32.5. The van der Waals surface area contributed by atoms with Crippen molar-refractivity contribution in [1.82, 2.24) is 5.32 Å². The summed E-state index contributed by atoms with van der Waals surface area (Å²) in [7, 11) is 0. The number of aliphatic hydroxyl groups is 2. The minimum Gasteiger partial charge on any atom is -0.353 e. The number of ether oxygens (including phenoxy) is 2. The monoisotopic (exact) mass is 670 g/mol. The lowest BCUT2D eigenvalue weighted by Crippen LogP contribution is -2.45. The average Bonchev–Trinajstić information content (AvgIpc) is 3.07. The molecule has 5 nitrogen and oxygen atoms in total. The van der Waals surface area contributed by atoms with E-state index in [0.29, 0.717) is 13.0 Å². The second-order valence-corrected chi connectivity index (χ2v) is 14.7. The fourth-order valence-corrected chi connectivity index (χ4v) is 6.46. The fourth-order valence-electron chi connectivity index (χ4n) is 6.46. The Morgan fingerprint density at radius 1 is 0.404 bits per heavy atom. The normalized spacial score (nSPS) is 12.1. The third-order valence-electron chi connectivity index (χ3n) is 9.88. The van der Waals surface area contributed by atoms with Gasteiger partial charge >= 0.3 is 0 Å². The van der Waals surface area contributed by atoms with Crippen LogP contribution in [0.15, 0.2) is 0 Å². The van der Waals surface area contributed by atoms with Gasteiger partial charge in [-0.2, -0.15) is 0 Å². The van der Waals surface area contributed by atoms with E-state index in [-0.39, 0.29) is 12.7 Å². The van der Waals surface area contributed by atoms with Gasteiger partial charge in [-0.3, -0.25) is 5.32 Å². The van der Waals surface area contributed by atoms with Gasteiger partial charge in [0.2, 0.25) is 5.91 Å². The minimum atomic E-state index is -1.81. The van der Waals surface area contributed by atoms with Gasteiger partial charge in [-0.25, -0.2) is 0 Å². The summed E-state index contributed by atoms with van der Waals surface area (Å²) in [4.78, 5) is 0. The summed E-state index contributed by atoms with van der Waals surface area (Å²) >= 11 is 0. The van der Waals surface area contributed by atoms with Crippen LogP contribution >= 0.6 is 0 Å². The van der Waals surface area contributed by atoms with Crippen molar-refractivity contribution in [3.05, 3.63) is 0 Å². The van der Waals surface area contributed by atoms with Crippen molar-refractivity contribution < 1.29 is 19.7 Å². The number of hydrogen-bond acceptors (Lipinski definition) is 5. The molecule has 0 spiro atoms. The smallest absolute Gasteiger partial charge is 0.222 e. The van der Waals surface area contributed by atoms with E-state index in [4.69, 9.17) is 9.47 Å². The molecule has 3 N–H and O–H groups in total. The molecule has 0 aromatic heterocycles. The average molecular weight is 670 g/mol. The van der Waals surface area contributed by atoms with Crippen LogP contribution in [0.25, 0.3) is 0 Å². The van der Waals surface area contributed by atoms with Crippen LogP contribution < -0.4 is 5.32 Å². The van der Waals surface area contributed by atoms with Crippen molar-refractivity contribution in [2.24, 2.45) is 0 Å². The molecule has 0 amide bonds. The van der Waals surface area contributed by atoms with E-state index in [1.54, 1.807) is 6.92 Å². The Labute approximate surface area is 295 Å². The first-order chi connectivity index (χ1) is 23.1. The van der Waals surface area contributed by atoms with Gasteiger partial charge in [0.05, 0.1) is 0 Å². The summed E-state index contributed by atoms with van der Waals surface area (Å²) in [5, 5.41) is 22.5. The first-order valence-electron chi connectivity index (χ1n) is 21.5. The van der Waals surface area contributed by atoms with Gasteiger partial charge < -0.3 is 19.7 Å². The summed E-state index contributed by atoms with van der Waals surface area (Å²) in [6.07, 6.45) is 44.4. The van der Waals surface area contributed by atoms with Gasteiger partial charge in [0, 0.05) is 32.6 Å². The molecule has 284 valence electrons. The highest BCUT2D eigenvalue weighted by atomic mass is 16.7. The van der Waals surface area contributed by atoms with E-state index in [9.17, 15) is 10.2 Å². The molecule has 0 saturated heterocycles. The van der Waals surface area contributed by atoms with Crippen molar-refractivity contribution in [3.63, 3.8) is 0 Å². The number of rotatable bonds is 41. The summed E-state index contributed by atoms with van der Waals surface area (Å²) in [6.45, 7) is 8.24. The number of unbranched alkanes of at least 4 members (excludes halogenated alkanes) is 30. The van der Waals surface area contributed by atoms with Gasteiger partial charge in [-0.15, -0.1) is 0 Å². The second kappa shape index (κ2) is 38.6. The standard InChI is InChI=1S/C42H87NO4/c1-4-7-9-11-13-15-17-19-21-23-25-27-29-31-33-35-39-46-41(37-38-43-42(44,45)6-3)47-40-36-34-32-30-28-26-24-22-20-18-16-14-12-10-8-5-2/h41,43-45H,4-40H2,1-3H3. The van der Waals surface area contributed by atoms with Gasteiger partial charge in [0.25, 0.3) is 0 Å². The maximum absolute atomic E-state index is 9.86. The van der Waals surface area contributed by atoms with Crippen molar-refractivity contribution in [1.29, 1.82) is 0 Å². The molecule has 0 fully saturated rings. The largest absolute Gasteiger partial charge is 0.353 e. The topological polar surface area (TPSA) is 71.0 Å². The zero-order chi connectivity index (χ0) is 34.4. The molecule has 0 radical (unpaired) electrons. The summed E-state index contributed by atoms with van der Waals surface area (Å²) < 4.78 is 12.2. The molecule has 0 unspecified atom stereocenters. The Morgan fingerprint density at radius 3 is 0.915 bits per heavy atom.